The molecule has 0 aliphatic carbocycles. The molecule has 4 nitrogen and oxygen atoms in total. The van der Waals surface area contributed by atoms with E-state index in [1.54, 1.807) is 0 Å². The highest BCUT2D eigenvalue weighted by molar-refractivity contribution is 5.83. The van der Waals surface area contributed by atoms with Gasteiger partial charge in [-0.1, -0.05) is 18.2 Å². The second-order valence-electron chi connectivity index (χ2n) is 5.63. The molecule has 0 saturated carbocycles. The Morgan fingerprint density at radius 2 is 2.20 bits per heavy atom. The van der Waals surface area contributed by atoms with Crippen LogP contribution in [0.15, 0.2) is 30.3 Å². The first kappa shape index (κ1) is 11.7. The Bertz CT molecular complexity index is 703. The topological polar surface area (TPSA) is 52.0 Å². The van der Waals surface area contributed by atoms with Crippen molar-refractivity contribution >= 4 is 16.7 Å². The Morgan fingerprint density at radius 1 is 1.30 bits per heavy atom. The smallest absolute Gasteiger partial charge is 0.147 e. The molecule has 1 N–H and O–H groups in total. The third kappa shape index (κ3) is 1.67. The summed E-state index contributed by atoms with van der Waals surface area (Å²) in [5, 5.41) is 13.9. The van der Waals surface area contributed by atoms with E-state index in [1.807, 2.05) is 30.3 Å². The van der Waals surface area contributed by atoms with Gasteiger partial charge in [0, 0.05) is 31.1 Å². The molecule has 0 spiro atoms. The van der Waals surface area contributed by atoms with Gasteiger partial charge in [0.2, 0.25) is 0 Å². The number of nitrogens with one attached hydrogen (secondary N) is 1. The molecule has 1 aromatic heterocycles. The molecule has 2 fully saturated rings. The van der Waals surface area contributed by atoms with Crippen molar-refractivity contribution in [3.05, 3.63) is 35.9 Å². The number of nitrogens with zero attached hydrogens (tertiary/aromatic N) is 3. The van der Waals surface area contributed by atoms with E-state index in [-0.39, 0.29) is 0 Å². The average molecular weight is 264 g/mol. The zero-order valence-corrected chi connectivity index (χ0v) is 11.2. The molecule has 2 aliphatic heterocycles. The molecule has 0 unspecified atom stereocenters. The largest absolute Gasteiger partial charge is 0.351 e. The molecular weight excluding hydrogens is 248 g/mol. The zero-order chi connectivity index (χ0) is 13.5. The summed E-state index contributed by atoms with van der Waals surface area (Å²) in [6.45, 7) is 3.11. The molecule has 100 valence electrons. The Morgan fingerprint density at radius 3 is 3.10 bits per heavy atom. The van der Waals surface area contributed by atoms with Crippen LogP contribution in [0.4, 0.5) is 5.82 Å². The highest BCUT2D eigenvalue weighted by Gasteiger charge is 2.38. The third-order valence-electron chi connectivity index (χ3n) is 4.54. The van der Waals surface area contributed by atoms with Crippen LogP contribution in [0.1, 0.15) is 12.0 Å². The zero-order valence-electron chi connectivity index (χ0n) is 11.2. The Kier molecular flexibility index (Phi) is 2.61. The molecule has 4 heteroatoms. The molecule has 4 rings (SSSR count). The third-order valence-corrected chi connectivity index (χ3v) is 4.54. The first-order valence-electron chi connectivity index (χ1n) is 7.14. The van der Waals surface area contributed by atoms with Gasteiger partial charge >= 0.3 is 0 Å². The van der Waals surface area contributed by atoms with Crippen LogP contribution in [0.2, 0.25) is 0 Å². The lowest BCUT2D eigenvalue weighted by atomic mass is 10.0. The van der Waals surface area contributed by atoms with Crippen LogP contribution < -0.4 is 10.2 Å². The lowest BCUT2D eigenvalue weighted by molar-refractivity contribution is 0.577. The fourth-order valence-corrected chi connectivity index (χ4v) is 3.52. The number of anilines is 1. The molecule has 2 aliphatic rings. The van der Waals surface area contributed by atoms with Crippen molar-refractivity contribution in [1.29, 1.82) is 5.26 Å². The molecular formula is C16H16N4. The quantitative estimate of drug-likeness (QED) is 0.854. The molecule has 2 aromatic rings. The maximum atomic E-state index is 9.45. The van der Waals surface area contributed by atoms with Crippen molar-refractivity contribution in [3.8, 4) is 6.07 Å². The van der Waals surface area contributed by atoms with Crippen LogP contribution in [-0.4, -0.2) is 30.7 Å². The van der Waals surface area contributed by atoms with Gasteiger partial charge in [-0.25, -0.2) is 4.98 Å². The Hall–Kier alpha value is -2.12. The van der Waals surface area contributed by atoms with Gasteiger partial charge in [-0.3, -0.25) is 0 Å². The highest BCUT2D eigenvalue weighted by atomic mass is 15.3. The van der Waals surface area contributed by atoms with Gasteiger partial charge in [-0.05, 0) is 24.5 Å². The van der Waals surface area contributed by atoms with Crippen LogP contribution >= 0.6 is 0 Å². The van der Waals surface area contributed by atoms with E-state index in [1.165, 1.54) is 6.42 Å². The molecule has 1 aromatic carbocycles. The SMILES string of the molecule is N#Cc1cc2ccccc2nc1N1CC[C@H]2CNC[C@H]21. The van der Waals surface area contributed by atoms with Gasteiger partial charge in [0.1, 0.15) is 11.9 Å². The fourth-order valence-electron chi connectivity index (χ4n) is 3.52. The number of hydrogen-bond acceptors (Lipinski definition) is 4. The summed E-state index contributed by atoms with van der Waals surface area (Å²) in [6.07, 6.45) is 1.19. The number of aromatic nitrogens is 1. The van der Waals surface area contributed by atoms with Crippen molar-refractivity contribution in [3.63, 3.8) is 0 Å². The first-order valence-corrected chi connectivity index (χ1v) is 7.14. The van der Waals surface area contributed by atoms with Crippen molar-refractivity contribution in [1.82, 2.24) is 10.3 Å². The minimum absolute atomic E-state index is 0.496. The number of para-hydroxylation sites is 1. The minimum Gasteiger partial charge on any atom is -0.351 e. The van der Waals surface area contributed by atoms with Gasteiger partial charge in [-0.15, -0.1) is 0 Å². The molecule has 0 radical (unpaired) electrons. The number of fused-ring (bicyclic) bond motifs is 2. The number of benzene rings is 1. The highest BCUT2D eigenvalue weighted by Crippen LogP contribution is 2.33. The maximum absolute atomic E-state index is 9.45. The summed E-state index contributed by atoms with van der Waals surface area (Å²) < 4.78 is 0. The van der Waals surface area contributed by atoms with Crippen molar-refractivity contribution in [2.45, 2.75) is 12.5 Å². The maximum Gasteiger partial charge on any atom is 0.147 e. The van der Waals surface area contributed by atoms with E-state index < -0.39 is 0 Å². The Balaban J connectivity index is 1.84. The predicted molar refractivity (Wildman–Crippen MR) is 78.6 cm³/mol. The van der Waals surface area contributed by atoms with Crippen LogP contribution in [0.25, 0.3) is 10.9 Å². The summed E-state index contributed by atoms with van der Waals surface area (Å²) in [5.41, 5.74) is 1.66. The van der Waals surface area contributed by atoms with E-state index in [0.29, 0.717) is 17.5 Å². The second kappa shape index (κ2) is 4.46. The molecule has 2 saturated heterocycles. The van der Waals surface area contributed by atoms with E-state index in [2.05, 4.69) is 16.3 Å². The lowest BCUT2D eigenvalue weighted by Gasteiger charge is -2.25. The fraction of sp³-hybridized carbons (Fsp3) is 0.375. The van der Waals surface area contributed by atoms with Gasteiger partial charge in [-0.2, -0.15) is 5.26 Å². The monoisotopic (exact) mass is 264 g/mol. The number of pyridine rings is 1. The van der Waals surface area contributed by atoms with E-state index in [9.17, 15) is 5.26 Å². The van der Waals surface area contributed by atoms with E-state index in [4.69, 9.17) is 4.98 Å². The normalized spacial score (nSPS) is 24.9. The van der Waals surface area contributed by atoms with Crippen LogP contribution in [0, 0.1) is 17.2 Å². The summed E-state index contributed by atoms with van der Waals surface area (Å²) >= 11 is 0. The standard InChI is InChI=1S/C16H16N4/c17-8-13-7-11-3-1-2-4-14(11)19-16(13)20-6-5-12-9-18-10-15(12)20/h1-4,7,12,15,18H,5-6,9-10H2/t12-,15+/m0/s1. The number of rotatable bonds is 1. The predicted octanol–water partition coefficient (Wildman–Crippen LogP) is 1.90. The lowest BCUT2D eigenvalue weighted by Crippen LogP contribution is -2.35. The molecule has 2 atom stereocenters. The van der Waals surface area contributed by atoms with Gasteiger partial charge in [0.15, 0.2) is 0 Å². The van der Waals surface area contributed by atoms with Gasteiger partial charge in [0.05, 0.1) is 11.1 Å². The summed E-state index contributed by atoms with van der Waals surface area (Å²) in [4.78, 5) is 7.09. The van der Waals surface area contributed by atoms with Gasteiger partial charge in [0.25, 0.3) is 0 Å². The number of hydrogen-bond donors (Lipinski definition) is 1. The summed E-state index contributed by atoms with van der Waals surface area (Å²) in [7, 11) is 0. The first-order chi connectivity index (χ1) is 9.86. The number of nitriles is 1. The van der Waals surface area contributed by atoms with Crippen molar-refractivity contribution < 1.29 is 0 Å². The summed E-state index contributed by atoms with van der Waals surface area (Å²) in [6, 6.07) is 12.8. The summed E-state index contributed by atoms with van der Waals surface area (Å²) in [5.74, 6) is 1.57. The van der Waals surface area contributed by atoms with Crippen molar-refractivity contribution in [2.75, 3.05) is 24.5 Å². The average Bonchev–Trinajstić information content (AvgIpc) is 3.08. The van der Waals surface area contributed by atoms with Gasteiger partial charge < -0.3 is 10.2 Å². The van der Waals surface area contributed by atoms with E-state index in [0.717, 1.165) is 36.4 Å². The van der Waals surface area contributed by atoms with Crippen LogP contribution in [0.5, 0.6) is 0 Å². The van der Waals surface area contributed by atoms with Crippen LogP contribution in [-0.2, 0) is 0 Å². The molecule has 20 heavy (non-hydrogen) atoms. The molecule has 3 heterocycles. The Labute approximate surface area is 118 Å². The second-order valence-corrected chi connectivity index (χ2v) is 5.63. The van der Waals surface area contributed by atoms with Crippen LogP contribution in [0.3, 0.4) is 0 Å². The minimum atomic E-state index is 0.496. The molecule has 0 amide bonds. The van der Waals surface area contributed by atoms with Crippen molar-refractivity contribution in [2.24, 2.45) is 5.92 Å². The van der Waals surface area contributed by atoms with E-state index >= 15 is 0 Å². The molecule has 0 bridgehead atoms.